The van der Waals surface area contributed by atoms with Crippen LogP contribution < -0.4 is 0 Å². The molecule has 4 aromatic rings. The Hall–Kier alpha value is -3.02. The van der Waals surface area contributed by atoms with E-state index in [0.29, 0.717) is 28.0 Å². The van der Waals surface area contributed by atoms with Crippen LogP contribution in [0.4, 0.5) is 26.3 Å². The maximum absolute atomic E-state index is 13.0. The van der Waals surface area contributed by atoms with E-state index in [1.807, 2.05) is 6.92 Å². The van der Waals surface area contributed by atoms with Gasteiger partial charge in [0.05, 0.1) is 17.3 Å². The second-order valence-electron chi connectivity index (χ2n) is 6.83. The summed E-state index contributed by atoms with van der Waals surface area (Å²) in [5.41, 5.74) is -0.923. The monoisotopic (exact) mass is 471 g/mol. The maximum Gasteiger partial charge on any atom is 0.417 e. The molecule has 3 aromatic heterocycles. The Morgan fingerprint density at radius 2 is 1.59 bits per heavy atom. The van der Waals surface area contributed by atoms with E-state index in [2.05, 4.69) is 15.1 Å². The summed E-state index contributed by atoms with van der Waals surface area (Å²) in [6.45, 7) is 1.91. The molecule has 5 nitrogen and oxygen atoms in total. The van der Waals surface area contributed by atoms with Gasteiger partial charge in [0.1, 0.15) is 21.9 Å². The molecule has 0 aliphatic carbocycles. The summed E-state index contributed by atoms with van der Waals surface area (Å²) in [4.78, 5) is 8.38. The van der Waals surface area contributed by atoms with Gasteiger partial charge in [-0.25, -0.2) is 9.67 Å². The van der Waals surface area contributed by atoms with Crippen molar-refractivity contribution >= 4 is 22.8 Å². The summed E-state index contributed by atoms with van der Waals surface area (Å²) >= 11 is 1.42. The lowest BCUT2D eigenvalue weighted by Gasteiger charge is -2.08. The topological polar surface area (TPSA) is 48.5 Å². The van der Waals surface area contributed by atoms with Crippen molar-refractivity contribution in [3.63, 3.8) is 0 Å². The van der Waals surface area contributed by atoms with Crippen molar-refractivity contribution in [3.8, 4) is 17.2 Å². The van der Waals surface area contributed by atoms with Gasteiger partial charge in [0.15, 0.2) is 5.82 Å². The second kappa shape index (κ2) is 7.84. The Morgan fingerprint density at radius 1 is 0.938 bits per heavy atom. The lowest BCUT2D eigenvalue weighted by Crippen LogP contribution is -2.05. The molecule has 3 heterocycles. The number of aromatic nitrogens is 5. The predicted octanol–water partition coefficient (Wildman–Crippen LogP) is 5.97. The first-order valence-corrected chi connectivity index (χ1v) is 10.3. The van der Waals surface area contributed by atoms with Gasteiger partial charge < -0.3 is 4.57 Å². The van der Waals surface area contributed by atoms with Crippen molar-refractivity contribution in [2.24, 2.45) is 7.05 Å². The highest BCUT2D eigenvalue weighted by Gasteiger charge is 2.32. The molecule has 0 amide bonds. The largest absolute Gasteiger partial charge is 0.417 e. The van der Waals surface area contributed by atoms with Crippen molar-refractivity contribution in [2.75, 3.05) is 5.75 Å². The third-order valence-electron chi connectivity index (χ3n) is 4.68. The van der Waals surface area contributed by atoms with E-state index in [1.54, 1.807) is 11.6 Å². The summed E-state index contributed by atoms with van der Waals surface area (Å²) < 4.78 is 80.7. The number of imidazole rings is 1. The smallest absolute Gasteiger partial charge is 0.320 e. The highest BCUT2D eigenvalue weighted by atomic mass is 32.2. The summed E-state index contributed by atoms with van der Waals surface area (Å²) in [6.07, 6.45) is -6.79. The fourth-order valence-corrected chi connectivity index (χ4v) is 3.97. The van der Waals surface area contributed by atoms with Crippen LogP contribution in [-0.2, 0) is 19.4 Å². The van der Waals surface area contributed by atoms with Crippen LogP contribution in [0.15, 0.2) is 47.8 Å². The molecule has 0 spiro atoms. The molecule has 0 fully saturated rings. The van der Waals surface area contributed by atoms with Gasteiger partial charge in [0, 0.05) is 18.8 Å². The van der Waals surface area contributed by atoms with Gasteiger partial charge in [0.2, 0.25) is 0 Å². The van der Waals surface area contributed by atoms with Crippen LogP contribution in [0.3, 0.4) is 0 Å². The quantitative estimate of drug-likeness (QED) is 0.272. The number of hydrogen-bond acceptors (Lipinski definition) is 4. The molecular weight excluding hydrogens is 456 g/mol. The first-order valence-electron chi connectivity index (χ1n) is 9.29. The van der Waals surface area contributed by atoms with Gasteiger partial charge in [-0.15, -0.1) is 11.8 Å². The second-order valence-corrected chi connectivity index (χ2v) is 8.08. The van der Waals surface area contributed by atoms with Gasteiger partial charge in [-0.3, -0.25) is 4.98 Å². The van der Waals surface area contributed by atoms with Crippen molar-refractivity contribution in [3.05, 3.63) is 53.9 Å². The Balaban J connectivity index is 1.81. The van der Waals surface area contributed by atoms with E-state index in [4.69, 9.17) is 0 Å². The minimum absolute atomic E-state index is 0.0500. The Labute approximate surface area is 182 Å². The van der Waals surface area contributed by atoms with E-state index in [0.717, 1.165) is 24.4 Å². The molecule has 12 heteroatoms. The predicted molar refractivity (Wildman–Crippen MR) is 107 cm³/mol. The molecule has 0 aliphatic rings. The highest BCUT2D eigenvalue weighted by Crippen LogP contribution is 2.35. The summed E-state index contributed by atoms with van der Waals surface area (Å²) in [6, 6.07) is 5.51. The van der Waals surface area contributed by atoms with Crippen LogP contribution in [0.5, 0.6) is 0 Å². The number of halogens is 6. The van der Waals surface area contributed by atoms with Gasteiger partial charge in [-0.1, -0.05) is 19.1 Å². The average Bonchev–Trinajstić information content (AvgIpc) is 3.28. The Bertz CT molecular complexity index is 1270. The van der Waals surface area contributed by atoms with Crippen LogP contribution in [0.1, 0.15) is 18.1 Å². The van der Waals surface area contributed by atoms with Crippen molar-refractivity contribution in [1.82, 2.24) is 24.3 Å². The summed E-state index contributed by atoms with van der Waals surface area (Å²) in [7, 11) is 1.71. The molecule has 0 aliphatic heterocycles. The van der Waals surface area contributed by atoms with Crippen LogP contribution in [0.2, 0.25) is 0 Å². The number of pyridine rings is 1. The van der Waals surface area contributed by atoms with Gasteiger partial charge in [-0.2, -0.15) is 31.4 Å². The first kappa shape index (κ1) is 22.2. The molecule has 0 bridgehead atoms. The third kappa shape index (κ3) is 4.06. The maximum atomic E-state index is 13.0. The number of fused-ring (bicyclic) bond motifs is 1. The van der Waals surface area contributed by atoms with Crippen LogP contribution in [0, 0.1) is 0 Å². The fraction of sp³-hybridized carbons (Fsp3) is 0.250. The minimum Gasteiger partial charge on any atom is -0.320 e. The third-order valence-corrected chi connectivity index (χ3v) is 5.70. The van der Waals surface area contributed by atoms with E-state index in [9.17, 15) is 26.3 Å². The zero-order valence-electron chi connectivity index (χ0n) is 16.7. The molecule has 0 N–H and O–H groups in total. The Kier molecular flexibility index (Phi) is 5.43. The normalized spacial score (nSPS) is 12.6. The van der Waals surface area contributed by atoms with Gasteiger partial charge in [0.25, 0.3) is 0 Å². The van der Waals surface area contributed by atoms with Crippen LogP contribution >= 0.6 is 11.8 Å². The van der Waals surface area contributed by atoms with Crippen molar-refractivity contribution in [2.45, 2.75) is 24.3 Å². The summed E-state index contributed by atoms with van der Waals surface area (Å²) in [5, 5.41) is 4.87. The van der Waals surface area contributed by atoms with Crippen molar-refractivity contribution in [1.29, 1.82) is 0 Å². The minimum atomic E-state index is -4.55. The number of thioether (sulfide) groups is 1. The average molecular weight is 471 g/mol. The number of alkyl halides is 6. The first-order chi connectivity index (χ1) is 15.0. The number of nitrogens with zero attached hydrogens (tertiary/aromatic N) is 5. The number of hydrogen-bond donors (Lipinski definition) is 0. The van der Waals surface area contributed by atoms with E-state index < -0.39 is 23.5 Å². The van der Waals surface area contributed by atoms with E-state index in [-0.39, 0.29) is 11.0 Å². The molecule has 0 saturated heterocycles. The highest BCUT2D eigenvalue weighted by molar-refractivity contribution is 7.99. The molecular formula is C20H15F6N5S. The van der Waals surface area contributed by atoms with Gasteiger partial charge >= 0.3 is 12.4 Å². The van der Waals surface area contributed by atoms with Crippen molar-refractivity contribution < 1.29 is 26.3 Å². The van der Waals surface area contributed by atoms with Gasteiger partial charge in [-0.05, 0) is 24.0 Å². The lowest BCUT2D eigenvalue weighted by molar-refractivity contribution is -0.138. The molecule has 0 unspecified atom stereocenters. The zero-order chi connectivity index (χ0) is 23.3. The zero-order valence-corrected chi connectivity index (χ0v) is 17.5. The molecule has 32 heavy (non-hydrogen) atoms. The molecule has 1 aromatic carbocycles. The molecule has 168 valence electrons. The standard InChI is InChI=1S/C20H15F6N5S/c1-3-32-18-17(31-10-15-14(29-31)8-13(9-27-15)20(24,25)26)28-16(30(18)2)11-4-6-12(7-5-11)19(21,22)23/h4-10H,3H2,1-2H3. The van der Waals surface area contributed by atoms with Crippen LogP contribution in [0.25, 0.3) is 28.2 Å². The number of benzene rings is 1. The van der Waals surface area contributed by atoms with E-state index in [1.165, 1.54) is 34.8 Å². The lowest BCUT2D eigenvalue weighted by atomic mass is 10.1. The molecule has 4 rings (SSSR count). The molecule has 0 atom stereocenters. The molecule has 0 radical (unpaired) electrons. The van der Waals surface area contributed by atoms with E-state index >= 15 is 0 Å². The molecule has 0 saturated carbocycles. The number of rotatable bonds is 4. The Morgan fingerprint density at radius 3 is 2.19 bits per heavy atom. The van der Waals surface area contributed by atoms with Crippen LogP contribution in [-0.4, -0.2) is 30.1 Å². The summed E-state index contributed by atoms with van der Waals surface area (Å²) in [5.74, 6) is 1.41. The SMILES string of the molecule is CCSc1c(-n2cc3ncc(C(F)(F)F)cc3n2)nc(-c2ccc(C(F)(F)F)cc2)n1C. The fourth-order valence-electron chi connectivity index (χ4n) is 3.15.